The predicted molar refractivity (Wildman–Crippen MR) is 119 cm³/mol. The topological polar surface area (TPSA) is 73.1 Å². The molecule has 7 nitrogen and oxygen atoms in total. The molecule has 0 amide bonds. The molecule has 162 valence electrons. The fraction of sp³-hybridized carbons (Fsp3) is 0.500. The molecule has 2 aliphatic heterocycles. The Morgan fingerprint density at radius 3 is 2.71 bits per heavy atom. The Hall–Kier alpha value is -2.64. The van der Waals surface area contributed by atoms with Gasteiger partial charge in [0.2, 0.25) is 0 Å². The zero-order valence-electron chi connectivity index (χ0n) is 18.3. The number of ether oxygens (including phenoxy) is 1. The van der Waals surface area contributed by atoms with Crippen LogP contribution < -0.4 is 0 Å². The summed E-state index contributed by atoms with van der Waals surface area (Å²) in [6.07, 6.45) is 7.83. The third-order valence-electron chi connectivity index (χ3n) is 6.54. The van der Waals surface area contributed by atoms with E-state index in [-0.39, 0.29) is 5.92 Å². The standard InChI is InChI=1S/C24H29N5O2/c1-24(15-31-16-24)14-29-7-5-17(6-8-29)23(30)10-20-9-22-18(11-25-20)3-4-21(27-22)19-12-26-28(2)13-19/h3-4,9,11-13,17H,5-8,10,14-16H2,1-2H3. The molecular weight excluding hydrogens is 390 g/mol. The van der Waals surface area contributed by atoms with Gasteiger partial charge in [-0.15, -0.1) is 0 Å². The lowest BCUT2D eigenvalue weighted by molar-refractivity contribution is -0.127. The number of aryl methyl sites for hydroxylation is 1. The van der Waals surface area contributed by atoms with Crippen LogP contribution in [0.3, 0.4) is 0 Å². The molecule has 0 saturated carbocycles. The zero-order valence-corrected chi connectivity index (χ0v) is 18.3. The number of hydrogen-bond donors (Lipinski definition) is 0. The number of aromatic nitrogens is 4. The second-order valence-electron chi connectivity index (χ2n) is 9.46. The van der Waals surface area contributed by atoms with Gasteiger partial charge in [0, 0.05) is 60.4 Å². The van der Waals surface area contributed by atoms with E-state index in [2.05, 4.69) is 21.9 Å². The average molecular weight is 420 g/mol. The number of ketones is 1. The van der Waals surface area contributed by atoms with Gasteiger partial charge in [0.15, 0.2) is 0 Å². The third-order valence-corrected chi connectivity index (χ3v) is 6.54. The summed E-state index contributed by atoms with van der Waals surface area (Å²) in [6, 6.07) is 5.96. The molecule has 2 saturated heterocycles. The van der Waals surface area contributed by atoms with Crippen molar-refractivity contribution in [3.8, 4) is 11.3 Å². The van der Waals surface area contributed by atoms with Gasteiger partial charge in [0.25, 0.3) is 0 Å². The van der Waals surface area contributed by atoms with Crippen molar-refractivity contribution in [2.24, 2.45) is 18.4 Å². The lowest BCUT2D eigenvalue weighted by Gasteiger charge is -2.43. The maximum atomic E-state index is 12.9. The number of nitrogens with zero attached hydrogens (tertiary/aromatic N) is 5. The SMILES string of the molecule is Cn1cc(-c2ccc3cnc(CC(=O)C4CCN(CC5(C)COC5)CC4)cc3n2)cn1. The van der Waals surface area contributed by atoms with Crippen LogP contribution in [-0.4, -0.2) is 63.3 Å². The van der Waals surface area contributed by atoms with Crippen LogP contribution in [0.25, 0.3) is 22.2 Å². The van der Waals surface area contributed by atoms with Gasteiger partial charge in [-0.2, -0.15) is 5.10 Å². The van der Waals surface area contributed by atoms with E-state index in [4.69, 9.17) is 9.72 Å². The van der Waals surface area contributed by atoms with Crippen LogP contribution in [-0.2, 0) is 23.0 Å². The lowest BCUT2D eigenvalue weighted by Crippen LogP contribution is -2.50. The summed E-state index contributed by atoms with van der Waals surface area (Å²) in [6.45, 7) is 7.06. The summed E-state index contributed by atoms with van der Waals surface area (Å²) < 4.78 is 7.14. The van der Waals surface area contributed by atoms with Crippen molar-refractivity contribution in [2.75, 3.05) is 32.8 Å². The van der Waals surface area contributed by atoms with E-state index in [0.717, 1.165) is 73.5 Å². The first-order valence-corrected chi connectivity index (χ1v) is 11.0. The van der Waals surface area contributed by atoms with Crippen molar-refractivity contribution >= 4 is 16.7 Å². The first kappa shape index (κ1) is 20.3. The Morgan fingerprint density at radius 1 is 1.23 bits per heavy atom. The van der Waals surface area contributed by atoms with Crippen LogP contribution in [0, 0.1) is 11.3 Å². The van der Waals surface area contributed by atoms with Crippen molar-refractivity contribution in [1.82, 2.24) is 24.6 Å². The summed E-state index contributed by atoms with van der Waals surface area (Å²) >= 11 is 0. The molecule has 0 aromatic carbocycles. The molecule has 0 unspecified atom stereocenters. The Morgan fingerprint density at radius 2 is 2.03 bits per heavy atom. The van der Waals surface area contributed by atoms with Crippen molar-refractivity contribution in [3.05, 3.63) is 42.5 Å². The van der Waals surface area contributed by atoms with Crippen LogP contribution in [0.5, 0.6) is 0 Å². The quantitative estimate of drug-likeness (QED) is 0.612. The van der Waals surface area contributed by atoms with E-state index in [1.165, 1.54) is 0 Å². The van der Waals surface area contributed by atoms with E-state index in [9.17, 15) is 4.79 Å². The molecule has 2 fully saturated rings. The van der Waals surface area contributed by atoms with Crippen molar-refractivity contribution in [2.45, 2.75) is 26.2 Å². The van der Waals surface area contributed by atoms with Gasteiger partial charge in [-0.05, 0) is 44.1 Å². The number of pyridine rings is 2. The van der Waals surface area contributed by atoms with Crippen molar-refractivity contribution < 1.29 is 9.53 Å². The number of fused-ring (bicyclic) bond motifs is 1. The molecule has 3 aromatic rings. The molecule has 0 N–H and O–H groups in total. The Kier molecular flexibility index (Phi) is 5.32. The van der Waals surface area contributed by atoms with E-state index in [0.29, 0.717) is 17.6 Å². The molecule has 0 radical (unpaired) electrons. The molecule has 0 bridgehead atoms. The highest BCUT2D eigenvalue weighted by Gasteiger charge is 2.36. The minimum Gasteiger partial charge on any atom is -0.380 e. The van der Waals surface area contributed by atoms with Crippen molar-refractivity contribution in [3.63, 3.8) is 0 Å². The number of hydrogen-bond acceptors (Lipinski definition) is 6. The Balaban J connectivity index is 1.23. The monoisotopic (exact) mass is 419 g/mol. The van der Waals surface area contributed by atoms with Gasteiger partial charge in [-0.25, -0.2) is 4.98 Å². The number of carbonyl (C=O) groups excluding carboxylic acids is 1. The number of carbonyl (C=O) groups is 1. The minimum absolute atomic E-state index is 0.133. The molecule has 5 heterocycles. The average Bonchev–Trinajstić information content (AvgIpc) is 3.19. The number of likely N-dealkylation sites (tertiary alicyclic amines) is 1. The minimum atomic E-state index is 0.133. The van der Waals surface area contributed by atoms with Gasteiger partial charge in [0.1, 0.15) is 5.78 Å². The second-order valence-corrected chi connectivity index (χ2v) is 9.46. The predicted octanol–water partition coefficient (Wildman–Crippen LogP) is 2.89. The third kappa shape index (κ3) is 4.38. The number of Topliss-reactive ketones (excluding diaryl/α,β-unsaturated/α-hetero) is 1. The van der Waals surface area contributed by atoms with Gasteiger partial charge >= 0.3 is 0 Å². The first-order chi connectivity index (χ1) is 15.0. The van der Waals surface area contributed by atoms with Crippen LogP contribution in [0.4, 0.5) is 0 Å². The summed E-state index contributed by atoms with van der Waals surface area (Å²) in [7, 11) is 1.89. The highest BCUT2D eigenvalue weighted by atomic mass is 16.5. The van der Waals surface area contributed by atoms with Crippen LogP contribution >= 0.6 is 0 Å². The molecule has 5 rings (SSSR count). The van der Waals surface area contributed by atoms with Gasteiger partial charge in [-0.1, -0.05) is 6.92 Å². The van der Waals surface area contributed by atoms with Gasteiger partial charge < -0.3 is 9.64 Å². The normalized spacial score (nSPS) is 19.4. The zero-order chi connectivity index (χ0) is 21.4. The molecule has 0 aliphatic carbocycles. The maximum absolute atomic E-state index is 12.9. The number of piperidine rings is 1. The van der Waals surface area contributed by atoms with E-state index in [1.807, 2.05) is 43.8 Å². The van der Waals surface area contributed by atoms with Gasteiger partial charge in [-0.3, -0.25) is 14.5 Å². The summed E-state index contributed by atoms with van der Waals surface area (Å²) in [5.41, 5.74) is 3.82. The Bertz CT molecular complexity index is 1100. The van der Waals surface area contributed by atoms with Crippen LogP contribution in [0.1, 0.15) is 25.5 Å². The van der Waals surface area contributed by atoms with Crippen molar-refractivity contribution in [1.29, 1.82) is 0 Å². The molecule has 2 aliphatic rings. The lowest BCUT2D eigenvalue weighted by atomic mass is 9.85. The molecule has 3 aromatic heterocycles. The fourth-order valence-corrected chi connectivity index (χ4v) is 4.69. The second kappa shape index (κ2) is 8.13. The Labute approximate surface area is 182 Å². The van der Waals surface area contributed by atoms with E-state index in [1.54, 1.807) is 4.68 Å². The highest BCUT2D eigenvalue weighted by molar-refractivity contribution is 5.85. The largest absolute Gasteiger partial charge is 0.380 e. The summed E-state index contributed by atoms with van der Waals surface area (Å²) in [4.78, 5) is 24.7. The highest BCUT2D eigenvalue weighted by Crippen LogP contribution is 2.30. The molecule has 0 spiro atoms. The molecule has 31 heavy (non-hydrogen) atoms. The molecular formula is C24H29N5O2. The molecule has 7 heteroatoms. The molecule has 0 atom stereocenters. The van der Waals surface area contributed by atoms with E-state index >= 15 is 0 Å². The smallest absolute Gasteiger partial charge is 0.142 e. The fourth-order valence-electron chi connectivity index (χ4n) is 4.69. The van der Waals surface area contributed by atoms with Gasteiger partial charge in [0.05, 0.1) is 30.6 Å². The maximum Gasteiger partial charge on any atom is 0.142 e. The van der Waals surface area contributed by atoms with Crippen LogP contribution in [0.2, 0.25) is 0 Å². The van der Waals surface area contributed by atoms with E-state index < -0.39 is 0 Å². The first-order valence-electron chi connectivity index (χ1n) is 11.0. The summed E-state index contributed by atoms with van der Waals surface area (Å²) in [5, 5.41) is 5.20. The number of rotatable bonds is 6. The summed E-state index contributed by atoms with van der Waals surface area (Å²) in [5.74, 6) is 0.432. The van der Waals surface area contributed by atoms with Crippen LogP contribution in [0.15, 0.2) is 36.8 Å².